The standard InChI is InChI=1S/C23H24Cl2N2O3/c1-2-3-4-8-11-19-20-21(30-27(19)16-12-13-17(24)18(25)14-16)23(29)26(22(20)28)15-9-6-5-7-10-15/h5-7,9-10,12-14,19-21H,2-4,8,11H2,1H3. The lowest BCUT2D eigenvalue weighted by atomic mass is 9.92. The molecule has 0 bridgehead atoms. The number of carbonyl (C=O) groups is 2. The molecular formula is C23H24Cl2N2O3. The van der Waals surface area contributed by atoms with Crippen LogP contribution in [0.5, 0.6) is 0 Å². The molecule has 0 saturated carbocycles. The molecule has 5 nitrogen and oxygen atoms in total. The first-order valence-corrected chi connectivity index (χ1v) is 11.1. The number of rotatable bonds is 7. The van der Waals surface area contributed by atoms with E-state index in [9.17, 15) is 9.59 Å². The number of halogens is 2. The van der Waals surface area contributed by atoms with Crippen molar-refractivity contribution in [2.75, 3.05) is 9.96 Å². The van der Waals surface area contributed by atoms with Gasteiger partial charge in [-0.15, -0.1) is 0 Å². The van der Waals surface area contributed by atoms with Crippen LogP contribution in [-0.2, 0) is 14.4 Å². The third kappa shape index (κ3) is 3.82. The molecule has 0 radical (unpaired) electrons. The number of anilines is 2. The van der Waals surface area contributed by atoms with Gasteiger partial charge in [0.15, 0.2) is 6.10 Å². The van der Waals surface area contributed by atoms with Gasteiger partial charge in [-0.25, -0.2) is 9.96 Å². The average Bonchev–Trinajstić information content (AvgIpc) is 3.24. The van der Waals surface area contributed by atoms with E-state index in [0.717, 1.165) is 32.1 Å². The minimum absolute atomic E-state index is 0.209. The zero-order valence-electron chi connectivity index (χ0n) is 16.8. The largest absolute Gasteiger partial charge is 0.273 e. The number of carbonyl (C=O) groups excluding carboxylic acids is 2. The quantitative estimate of drug-likeness (QED) is 0.407. The second-order valence-electron chi connectivity index (χ2n) is 7.74. The van der Waals surface area contributed by atoms with Crippen LogP contribution in [-0.4, -0.2) is 24.0 Å². The Morgan fingerprint density at radius 1 is 0.900 bits per heavy atom. The van der Waals surface area contributed by atoms with Gasteiger partial charge in [0.25, 0.3) is 5.91 Å². The smallest absolute Gasteiger partial charge is 0.266 e. The molecule has 4 rings (SSSR count). The maximum Gasteiger partial charge on any atom is 0.266 e. The van der Waals surface area contributed by atoms with Crippen LogP contribution in [0.2, 0.25) is 10.0 Å². The number of fused-ring (bicyclic) bond motifs is 1. The summed E-state index contributed by atoms with van der Waals surface area (Å²) >= 11 is 12.3. The van der Waals surface area contributed by atoms with Crippen LogP contribution in [0, 0.1) is 5.92 Å². The Hall–Kier alpha value is -2.08. The SMILES string of the molecule is CCCCCCC1C2C(=O)N(c3ccccc3)C(=O)C2ON1c1ccc(Cl)c(Cl)c1. The zero-order valence-corrected chi connectivity index (χ0v) is 18.3. The van der Waals surface area contributed by atoms with Crippen LogP contribution in [0.4, 0.5) is 11.4 Å². The molecule has 2 saturated heterocycles. The number of hydrogen-bond acceptors (Lipinski definition) is 4. The second kappa shape index (κ2) is 8.96. The fourth-order valence-corrected chi connectivity index (χ4v) is 4.57. The summed E-state index contributed by atoms with van der Waals surface area (Å²) in [6.45, 7) is 2.16. The highest BCUT2D eigenvalue weighted by atomic mass is 35.5. The number of amides is 2. The number of benzene rings is 2. The molecule has 2 aliphatic rings. The van der Waals surface area contributed by atoms with Crippen LogP contribution in [0.1, 0.15) is 39.0 Å². The summed E-state index contributed by atoms with van der Waals surface area (Å²) in [5.74, 6) is -1.08. The lowest BCUT2D eigenvalue weighted by molar-refractivity contribution is -0.126. The van der Waals surface area contributed by atoms with E-state index < -0.39 is 12.0 Å². The topological polar surface area (TPSA) is 49.9 Å². The van der Waals surface area contributed by atoms with E-state index in [1.54, 1.807) is 35.4 Å². The molecule has 158 valence electrons. The highest BCUT2D eigenvalue weighted by molar-refractivity contribution is 6.42. The number of hydroxylamine groups is 1. The van der Waals surface area contributed by atoms with Crippen LogP contribution in [0.25, 0.3) is 0 Å². The van der Waals surface area contributed by atoms with Gasteiger partial charge in [-0.2, -0.15) is 0 Å². The van der Waals surface area contributed by atoms with Crippen molar-refractivity contribution < 1.29 is 14.4 Å². The number of hydrogen-bond donors (Lipinski definition) is 0. The first kappa shape index (κ1) is 21.2. The van der Waals surface area contributed by atoms with Crippen LogP contribution in [0.3, 0.4) is 0 Å². The molecule has 2 fully saturated rings. The molecule has 0 N–H and O–H groups in total. The maximum absolute atomic E-state index is 13.3. The molecule has 0 spiro atoms. The van der Waals surface area contributed by atoms with E-state index in [1.165, 1.54) is 4.90 Å². The number of nitrogens with zero attached hydrogens (tertiary/aromatic N) is 2. The van der Waals surface area contributed by atoms with E-state index in [0.29, 0.717) is 21.4 Å². The fraction of sp³-hybridized carbons (Fsp3) is 0.391. The Morgan fingerprint density at radius 2 is 1.67 bits per heavy atom. The normalized spacial score (nSPS) is 23.4. The van der Waals surface area contributed by atoms with E-state index in [1.807, 2.05) is 18.2 Å². The highest BCUT2D eigenvalue weighted by Crippen LogP contribution is 2.43. The molecule has 2 amide bonds. The van der Waals surface area contributed by atoms with Crippen molar-refractivity contribution in [2.24, 2.45) is 5.92 Å². The summed E-state index contributed by atoms with van der Waals surface area (Å²) in [6.07, 6.45) is 4.21. The fourth-order valence-electron chi connectivity index (χ4n) is 4.27. The van der Waals surface area contributed by atoms with Gasteiger partial charge in [-0.3, -0.25) is 14.4 Å². The van der Waals surface area contributed by atoms with Gasteiger partial charge in [-0.1, -0.05) is 74.0 Å². The van der Waals surface area contributed by atoms with Crippen molar-refractivity contribution in [1.82, 2.24) is 0 Å². The molecule has 30 heavy (non-hydrogen) atoms. The Balaban J connectivity index is 1.64. The molecule has 7 heteroatoms. The van der Waals surface area contributed by atoms with Gasteiger partial charge in [0, 0.05) is 0 Å². The number of imide groups is 1. The van der Waals surface area contributed by atoms with Crippen molar-refractivity contribution >= 4 is 46.4 Å². The first-order valence-electron chi connectivity index (χ1n) is 10.4. The van der Waals surface area contributed by atoms with Gasteiger partial charge in [0.05, 0.1) is 33.4 Å². The molecule has 2 aromatic rings. The lowest BCUT2D eigenvalue weighted by Gasteiger charge is -2.28. The first-order chi connectivity index (χ1) is 14.5. The summed E-state index contributed by atoms with van der Waals surface area (Å²) in [7, 11) is 0. The highest BCUT2D eigenvalue weighted by Gasteiger charge is 2.59. The van der Waals surface area contributed by atoms with Gasteiger partial charge in [0.2, 0.25) is 5.91 Å². The number of para-hydroxylation sites is 1. The minimum Gasteiger partial charge on any atom is -0.273 e. The van der Waals surface area contributed by atoms with Crippen LogP contribution < -0.4 is 9.96 Å². The molecule has 2 heterocycles. The number of unbranched alkanes of at least 4 members (excludes halogenated alkanes) is 3. The zero-order chi connectivity index (χ0) is 21.3. The van der Waals surface area contributed by atoms with Crippen molar-refractivity contribution in [3.8, 4) is 0 Å². The van der Waals surface area contributed by atoms with Crippen molar-refractivity contribution in [3.05, 3.63) is 58.6 Å². The van der Waals surface area contributed by atoms with Gasteiger partial charge in [-0.05, 0) is 36.8 Å². The van der Waals surface area contributed by atoms with Gasteiger partial charge < -0.3 is 0 Å². The van der Waals surface area contributed by atoms with E-state index in [4.69, 9.17) is 28.0 Å². The summed E-state index contributed by atoms with van der Waals surface area (Å²) in [4.78, 5) is 33.8. The third-order valence-electron chi connectivity index (χ3n) is 5.76. The summed E-state index contributed by atoms with van der Waals surface area (Å²) in [6, 6.07) is 14.0. The monoisotopic (exact) mass is 446 g/mol. The Kier molecular flexibility index (Phi) is 6.32. The Bertz CT molecular complexity index is 937. The molecular weight excluding hydrogens is 423 g/mol. The molecule has 2 aromatic carbocycles. The summed E-state index contributed by atoms with van der Waals surface area (Å²) in [5, 5.41) is 2.55. The van der Waals surface area contributed by atoms with Crippen molar-refractivity contribution in [3.63, 3.8) is 0 Å². The predicted octanol–water partition coefficient (Wildman–Crippen LogP) is 5.64. The second-order valence-corrected chi connectivity index (χ2v) is 8.55. The minimum atomic E-state index is -0.830. The molecule has 3 atom stereocenters. The Labute approximate surface area is 186 Å². The Morgan fingerprint density at radius 3 is 2.37 bits per heavy atom. The molecule has 0 aromatic heterocycles. The summed E-state index contributed by atoms with van der Waals surface area (Å²) < 4.78 is 0. The van der Waals surface area contributed by atoms with Gasteiger partial charge in [0.1, 0.15) is 0 Å². The van der Waals surface area contributed by atoms with E-state index >= 15 is 0 Å². The van der Waals surface area contributed by atoms with Crippen LogP contribution >= 0.6 is 23.2 Å². The van der Waals surface area contributed by atoms with Crippen molar-refractivity contribution in [1.29, 1.82) is 0 Å². The molecule has 3 unspecified atom stereocenters. The van der Waals surface area contributed by atoms with Crippen molar-refractivity contribution in [2.45, 2.75) is 51.2 Å². The van der Waals surface area contributed by atoms with E-state index in [2.05, 4.69) is 6.92 Å². The summed E-state index contributed by atoms with van der Waals surface area (Å²) in [5.41, 5.74) is 1.28. The molecule has 0 aliphatic carbocycles. The third-order valence-corrected chi connectivity index (χ3v) is 6.50. The maximum atomic E-state index is 13.3. The van der Waals surface area contributed by atoms with Crippen LogP contribution in [0.15, 0.2) is 48.5 Å². The van der Waals surface area contributed by atoms with E-state index in [-0.39, 0.29) is 17.9 Å². The average molecular weight is 447 g/mol. The molecule has 2 aliphatic heterocycles. The lowest BCUT2D eigenvalue weighted by Crippen LogP contribution is -2.40. The predicted molar refractivity (Wildman–Crippen MR) is 119 cm³/mol. The van der Waals surface area contributed by atoms with Gasteiger partial charge >= 0.3 is 0 Å².